The monoisotopic (exact) mass is 249 g/mol. The van der Waals surface area contributed by atoms with Gasteiger partial charge in [-0.15, -0.1) is 0 Å². The molecule has 17 heavy (non-hydrogen) atoms. The number of rotatable bonds is 2. The Bertz CT molecular complexity index is 552. The lowest BCUT2D eigenvalue weighted by atomic mass is 9.96. The molecule has 3 heteroatoms. The summed E-state index contributed by atoms with van der Waals surface area (Å²) in [5, 5.41) is 0.642. The van der Waals surface area contributed by atoms with Crippen LogP contribution in [0.2, 0.25) is 5.02 Å². The summed E-state index contributed by atoms with van der Waals surface area (Å²) in [5.74, 6) is -0.208. The SMILES string of the molecule is Cc1c(F)cccc1-c1ccc(Cl)cc1CN. The van der Waals surface area contributed by atoms with Crippen molar-refractivity contribution in [2.75, 3.05) is 0 Å². The molecule has 0 atom stereocenters. The van der Waals surface area contributed by atoms with Gasteiger partial charge in [0, 0.05) is 11.6 Å². The van der Waals surface area contributed by atoms with E-state index in [0.29, 0.717) is 17.1 Å². The molecule has 0 aliphatic rings. The van der Waals surface area contributed by atoms with Crippen LogP contribution in [0.1, 0.15) is 11.1 Å². The van der Waals surface area contributed by atoms with Gasteiger partial charge < -0.3 is 5.73 Å². The molecule has 2 aromatic rings. The van der Waals surface area contributed by atoms with Crippen LogP contribution in [0, 0.1) is 12.7 Å². The molecule has 1 nitrogen and oxygen atoms in total. The fourth-order valence-corrected chi connectivity index (χ4v) is 2.09. The van der Waals surface area contributed by atoms with Gasteiger partial charge in [-0.05, 0) is 47.4 Å². The highest BCUT2D eigenvalue weighted by atomic mass is 35.5. The van der Waals surface area contributed by atoms with E-state index >= 15 is 0 Å². The van der Waals surface area contributed by atoms with Gasteiger partial charge in [-0.3, -0.25) is 0 Å². The lowest BCUT2D eigenvalue weighted by Crippen LogP contribution is -2.00. The molecular weight excluding hydrogens is 237 g/mol. The Labute approximate surface area is 105 Å². The molecule has 0 aliphatic carbocycles. The summed E-state index contributed by atoms with van der Waals surface area (Å²) in [6.45, 7) is 2.14. The van der Waals surface area contributed by atoms with E-state index in [2.05, 4.69) is 0 Å². The fourth-order valence-electron chi connectivity index (χ4n) is 1.89. The molecule has 88 valence electrons. The van der Waals surface area contributed by atoms with Gasteiger partial charge in [0.1, 0.15) is 5.82 Å². The van der Waals surface area contributed by atoms with Crippen molar-refractivity contribution in [2.24, 2.45) is 5.73 Å². The quantitative estimate of drug-likeness (QED) is 0.858. The van der Waals surface area contributed by atoms with Crippen molar-refractivity contribution in [2.45, 2.75) is 13.5 Å². The van der Waals surface area contributed by atoms with Crippen LogP contribution in [0.3, 0.4) is 0 Å². The number of halogens is 2. The van der Waals surface area contributed by atoms with E-state index in [1.54, 1.807) is 19.1 Å². The van der Waals surface area contributed by atoms with Gasteiger partial charge in [-0.2, -0.15) is 0 Å². The molecule has 0 saturated heterocycles. The Hall–Kier alpha value is -1.38. The van der Waals surface area contributed by atoms with E-state index in [-0.39, 0.29) is 5.82 Å². The van der Waals surface area contributed by atoms with Crippen LogP contribution in [-0.2, 0) is 6.54 Å². The first-order valence-corrected chi connectivity index (χ1v) is 5.75. The third-order valence-corrected chi connectivity index (χ3v) is 3.08. The predicted octanol–water partition coefficient (Wildman–Crippen LogP) is 3.91. The molecule has 2 aromatic carbocycles. The lowest BCUT2D eigenvalue weighted by molar-refractivity contribution is 0.619. The summed E-state index contributed by atoms with van der Waals surface area (Å²) in [4.78, 5) is 0. The average molecular weight is 250 g/mol. The van der Waals surface area contributed by atoms with E-state index in [1.165, 1.54) is 6.07 Å². The molecule has 2 N–H and O–H groups in total. The second kappa shape index (κ2) is 4.86. The minimum absolute atomic E-state index is 0.208. The minimum Gasteiger partial charge on any atom is -0.326 e. The van der Waals surface area contributed by atoms with Crippen molar-refractivity contribution in [1.82, 2.24) is 0 Å². The van der Waals surface area contributed by atoms with E-state index in [1.807, 2.05) is 18.2 Å². The third kappa shape index (κ3) is 2.33. The summed E-state index contributed by atoms with van der Waals surface area (Å²) in [5.41, 5.74) is 9.05. The summed E-state index contributed by atoms with van der Waals surface area (Å²) >= 11 is 5.92. The standard InChI is InChI=1S/C14H13ClFN/c1-9-12(3-2-4-14(9)16)13-6-5-11(15)7-10(13)8-17/h2-7H,8,17H2,1H3. The summed E-state index contributed by atoms with van der Waals surface area (Å²) < 4.78 is 13.5. The molecule has 0 spiro atoms. The maximum Gasteiger partial charge on any atom is 0.126 e. The highest BCUT2D eigenvalue weighted by Gasteiger charge is 2.09. The van der Waals surface area contributed by atoms with Gasteiger partial charge in [-0.1, -0.05) is 29.8 Å². The Morgan fingerprint density at radius 1 is 1.18 bits per heavy atom. The maximum atomic E-state index is 13.5. The second-order valence-electron chi connectivity index (χ2n) is 3.92. The molecule has 0 aliphatic heterocycles. The Balaban J connectivity index is 2.64. The van der Waals surface area contributed by atoms with E-state index in [9.17, 15) is 4.39 Å². The van der Waals surface area contributed by atoms with E-state index in [4.69, 9.17) is 17.3 Å². The van der Waals surface area contributed by atoms with Crippen molar-refractivity contribution >= 4 is 11.6 Å². The topological polar surface area (TPSA) is 26.0 Å². The Kier molecular flexibility index (Phi) is 3.46. The van der Waals surface area contributed by atoms with Crippen molar-refractivity contribution in [3.8, 4) is 11.1 Å². The minimum atomic E-state index is -0.208. The first-order valence-electron chi connectivity index (χ1n) is 5.37. The number of hydrogen-bond donors (Lipinski definition) is 1. The summed E-state index contributed by atoms with van der Waals surface area (Å²) in [6, 6.07) is 10.5. The van der Waals surface area contributed by atoms with Gasteiger partial charge in [0.05, 0.1) is 0 Å². The number of hydrogen-bond acceptors (Lipinski definition) is 1. The largest absolute Gasteiger partial charge is 0.326 e. The molecule has 2 rings (SSSR count). The zero-order valence-corrected chi connectivity index (χ0v) is 10.3. The van der Waals surface area contributed by atoms with E-state index in [0.717, 1.165) is 16.7 Å². The first kappa shape index (κ1) is 12.1. The van der Waals surface area contributed by atoms with Gasteiger partial charge in [0.25, 0.3) is 0 Å². The zero-order valence-electron chi connectivity index (χ0n) is 9.50. The second-order valence-corrected chi connectivity index (χ2v) is 4.35. The molecule has 0 unspecified atom stereocenters. The van der Waals surface area contributed by atoms with Crippen molar-refractivity contribution in [1.29, 1.82) is 0 Å². The van der Waals surface area contributed by atoms with Crippen molar-refractivity contribution in [3.05, 3.63) is 58.4 Å². The molecule has 0 amide bonds. The van der Waals surface area contributed by atoms with Crippen molar-refractivity contribution in [3.63, 3.8) is 0 Å². The van der Waals surface area contributed by atoms with Gasteiger partial charge in [0.15, 0.2) is 0 Å². The molecule has 0 saturated carbocycles. The van der Waals surface area contributed by atoms with Crippen LogP contribution in [-0.4, -0.2) is 0 Å². The fraction of sp³-hybridized carbons (Fsp3) is 0.143. The molecule has 0 heterocycles. The van der Waals surface area contributed by atoms with Crippen LogP contribution in [0.15, 0.2) is 36.4 Å². The Morgan fingerprint density at radius 2 is 1.94 bits per heavy atom. The zero-order chi connectivity index (χ0) is 12.4. The van der Waals surface area contributed by atoms with E-state index < -0.39 is 0 Å². The van der Waals surface area contributed by atoms with Crippen LogP contribution in [0.5, 0.6) is 0 Å². The first-order chi connectivity index (χ1) is 8.13. The summed E-state index contributed by atoms with van der Waals surface area (Å²) in [7, 11) is 0. The highest BCUT2D eigenvalue weighted by Crippen LogP contribution is 2.29. The van der Waals surface area contributed by atoms with Crippen LogP contribution in [0.25, 0.3) is 11.1 Å². The Morgan fingerprint density at radius 3 is 2.65 bits per heavy atom. The summed E-state index contributed by atoms with van der Waals surface area (Å²) in [6.07, 6.45) is 0. The lowest BCUT2D eigenvalue weighted by Gasteiger charge is -2.11. The van der Waals surface area contributed by atoms with Gasteiger partial charge in [0.2, 0.25) is 0 Å². The predicted molar refractivity (Wildman–Crippen MR) is 69.5 cm³/mol. The van der Waals surface area contributed by atoms with Crippen molar-refractivity contribution < 1.29 is 4.39 Å². The normalized spacial score (nSPS) is 10.6. The highest BCUT2D eigenvalue weighted by molar-refractivity contribution is 6.30. The van der Waals surface area contributed by atoms with Crippen LogP contribution < -0.4 is 5.73 Å². The van der Waals surface area contributed by atoms with Gasteiger partial charge in [-0.25, -0.2) is 4.39 Å². The molecular formula is C14H13ClFN. The number of nitrogens with two attached hydrogens (primary N) is 1. The smallest absolute Gasteiger partial charge is 0.126 e. The maximum absolute atomic E-state index is 13.5. The molecule has 0 aromatic heterocycles. The average Bonchev–Trinajstić information content (AvgIpc) is 2.33. The van der Waals surface area contributed by atoms with Gasteiger partial charge >= 0.3 is 0 Å². The molecule has 0 radical (unpaired) electrons. The van der Waals surface area contributed by atoms with Crippen LogP contribution in [0.4, 0.5) is 4.39 Å². The molecule has 0 bridgehead atoms. The third-order valence-electron chi connectivity index (χ3n) is 2.85. The molecule has 0 fully saturated rings. The van der Waals surface area contributed by atoms with Crippen LogP contribution >= 0.6 is 11.6 Å². The number of benzene rings is 2.